The Bertz CT molecular complexity index is 1030. The van der Waals surface area contributed by atoms with E-state index in [-0.39, 0.29) is 4.90 Å². The van der Waals surface area contributed by atoms with Gasteiger partial charge in [-0.15, -0.1) is 11.8 Å². The Morgan fingerprint density at radius 2 is 1.73 bits per heavy atom. The van der Waals surface area contributed by atoms with Crippen LogP contribution in [-0.4, -0.2) is 43.7 Å². The van der Waals surface area contributed by atoms with Crippen LogP contribution in [0.15, 0.2) is 62.8 Å². The van der Waals surface area contributed by atoms with Crippen LogP contribution in [0.2, 0.25) is 0 Å². The van der Waals surface area contributed by atoms with E-state index < -0.39 is 10.0 Å². The average Bonchev–Trinajstić information content (AvgIpc) is 2.87. The van der Waals surface area contributed by atoms with Crippen molar-refractivity contribution in [2.24, 2.45) is 0 Å². The summed E-state index contributed by atoms with van der Waals surface area (Å²) in [4.78, 5) is 3.44. The first-order valence-corrected chi connectivity index (χ1v) is 11.4. The number of hydrogen-bond donors (Lipinski definition) is 0. The number of benzene rings is 2. The summed E-state index contributed by atoms with van der Waals surface area (Å²) < 4.78 is 28.9. The Morgan fingerprint density at radius 3 is 2.38 bits per heavy atom. The van der Waals surface area contributed by atoms with Gasteiger partial charge in [-0.25, -0.2) is 12.4 Å². The standard InChI is InChI=1S/C19H21BrN2O2S2/c1-14-19(25-13-12-21(2)3)17-6-4-5-7-18(17)22(14)26(23,24)16-10-8-15(20)9-11-16/h4-11H,12-13H2,1-3H3. The Kier molecular flexibility index (Phi) is 5.81. The zero-order valence-electron chi connectivity index (χ0n) is 14.9. The minimum Gasteiger partial charge on any atom is -0.309 e. The zero-order valence-corrected chi connectivity index (χ0v) is 18.2. The molecule has 1 aromatic heterocycles. The van der Waals surface area contributed by atoms with Gasteiger partial charge < -0.3 is 4.90 Å². The normalized spacial score (nSPS) is 12.2. The van der Waals surface area contributed by atoms with E-state index in [1.54, 1.807) is 36.0 Å². The molecule has 0 saturated carbocycles. The minimum absolute atomic E-state index is 0.286. The molecule has 0 saturated heterocycles. The van der Waals surface area contributed by atoms with Crippen molar-refractivity contribution in [1.29, 1.82) is 0 Å². The summed E-state index contributed by atoms with van der Waals surface area (Å²) in [5.41, 5.74) is 1.48. The van der Waals surface area contributed by atoms with Gasteiger partial charge in [0.05, 0.1) is 10.4 Å². The van der Waals surface area contributed by atoms with E-state index >= 15 is 0 Å². The number of rotatable bonds is 6. The van der Waals surface area contributed by atoms with Crippen molar-refractivity contribution < 1.29 is 8.42 Å². The summed E-state index contributed by atoms with van der Waals surface area (Å²) in [6.45, 7) is 2.82. The van der Waals surface area contributed by atoms with Gasteiger partial charge in [0.25, 0.3) is 10.0 Å². The van der Waals surface area contributed by atoms with Gasteiger partial charge in [0, 0.05) is 32.7 Å². The Labute approximate surface area is 167 Å². The molecule has 0 aliphatic carbocycles. The van der Waals surface area contributed by atoms with Crippen molar-refractivity contribution in [1.82, 2.24) is 8.87 Å². The average molecular weight is 453 g/mol. The maximum atomic E-state index is 13.3. The fraction of sp³-hybridized carbons (Fsp3) is 0.263. The van der Waals surface area contributed by atoms with E-state index in [4.69, 9.17) is 0 Å². The summed E-state index contributed by atoms with van der Waals surface area (Å²) in [5.74, 6) is 0.903. The highest BCUT2D eigenvalue weighted by Crippen LogP contribution is 2.36. The van der Waals surface area contributed by atoms with Crippen molar-refractivity contribution >= 4 is 48.6 Å². The third kappa shape index (κ3) is 3.71. The fourth-order valence-electron chi connectivity index (χ4n) is 2.84. The third-order valence-corrected chi connectivity index (χ3v) is 7.68. The molecule has 7 heteroatoms. The summed E-state index contributed by atoms with van der Waals surface area (Å²) in [6.07, 6.45) is 0. The molecule has 138 valence electrons. The lowest BCUT2D eigenvalue weighted by atomic mass is 10.2. The molecule has 26 heavy (non-hydrogen) atoms. The molecule has 2 aromatic carbocycles. The number of nitrogens with zero attached hydrogens (tertiary/aromatic N) is 2. The highest BCUT2D eigenvalue weighted by atomic mass is 79.9. The molecule has 4 nitrogen and oxygen atoms in total. The number of halogens is 1. The first kappa shape index (κ1) is 19.5. The molecular formula is C19H21BrN2O2S2. The van der Waals surface area contributed by atoms with E-state index in [1.165, 1.54) is 3.97 Å². The monoisotopic (exact) mass is 452 g/mol. The van der Waals surface area contributed by atoms with Gasteiger partial charge >= 0.3 is 0 Å². The molecule has 0 unspecified atom stereocenters. The second-order valence-corrected chi connectivity index (χ2v) is 10.1. The van der Waals surface area contributed by atoms with Crippen LogP contribution in [0.5, 0.6) is 0 Å². The summed E-state index contributed by atoms with van der Waals surface area (Å²) in [7, 11) is 0.411. The Hall–Kier alpha value is -1.28. The molecule has 0 amide bonds. The molecule has 0 aliphatic rings. The summed E-state index contributed by atoms with van der Waals surface area (Å²) in [6, 6.07) is 14.5. The highest BCUT2D eigenvalue weighted by Gasteiger charge is 2.24. The van der Waals surface area contributed by atoms with Crippen LogP contribution in [0.1, 0.15) is 5.69 Å². The predicted octanol–water partition coefficient (Wildman–Crippen LogP) is 4.60. The van der Waals surface area contributed by atoms with E-state index in [0.717, 1.165) is 38.3 Å². The quantitative estimate of drug-likeness (QED) is 0.512. The number of fused-ring (bicyclic) bond motifs is 1. The summed E-state index contributed by atoms with van der Waals surface area (Å²) in [5, 5.41) is 0.981. The van der Waals surface area contributed by atoms with Gasteiger partial charge in [0.2, 0.25) is 0 Å². The predicted molar refractivity (Wildman–Crippen MR) is 113 cm³/mol. The Balaban J connectivity index is 2.14. The van der Waals surface area contributed by atoms with Crippen molar-refractivity contribution in [3.8, 4) is 0 Å². The molecule has 3 aromatic rings. The second-order valence-electron chi connectivity index (χ2n) is 6.31. The molecule has 0 fully saturated rings. The van der Waals surface area contributed by atoms with Crippen LogP contribution in [-0.2, 0) is 10.0 Å². The maximum absolute atomic E-state index is 13.3. The molecule has 0 N–H and O–H groups in total. The lowest BCUT2D eigenvalue weighted by Crippen LogP contribution is -2.15. The fourth-order valence-corrected chi connectivity index (χ4v) is 6.02. The largest absolute Gasteiger partial charge is 0.309 e. The first-order valence-electron chi connectivity index (χ1n) is 8.21. The van der Waals surface area contributed by atoms with E-state index in [9.17, 15) is 8.42 Å². The van der Waals surface area contributed by atoms with Crippen LogP contribution < -0.4 is 0 Å². The minimum atomic E-state index is -3.66. The smallest absolute Gasteiger partial charge is 0.268 e. The van der Waals surface area contributed by atoms with Gasteiger partial charge in [0.1, 0.15) is 0 Å². The summed E-state index contributed by atoms with van der Waals surface area (Å²) >= 11 is 5.06. The number of para-hydroxylation sites is 1. The van der Waals surface area contributed by atoms with Crippen molar-refractivity contribution in [2.75, 3.05) is 26.4 Å². The molecule has 1 heterocycles. The molecule has 0 radical (unpaired) electrons. The topological polar surface area (TPSA) is 42.3 Å². The van der Waals surface area contributed by atoms with Crippen molar-refractivity contribution in [3.05, 3.63) is 58.7 Å². The molecule has 0 bridgehead atoms. The van der Waals surface area contributed by atoms with E-state index in [2.05, 4.69) is 20.8 Å². The van der Waals surface area contributed by atoms with Gasteiger partial charge in [0.15, 0.2) is 0 Å². The molecule has 0 spiro atoms. The van der Waals surface area contributed by atoms with Crippen molar-refractivity contribution in [2.45, 2.75) is 16.7 Å². The number of hydrogen-bond acceptors (Lipinski definition) is 4. The van der Waals surface area contributed by atoms with E-state index in [0.29, 0.717) is 0 Å². The number of thioether (sulfide) groups is 1. The molecular weight excluding hydrogens is 432 g/mol. The lowest BCUT2D eigenvalue weighted by Gasteiger charge is -2.11. The van der Waals surface area contributed by atoms with Gasteiger partial charge in [-0.05, 0) is 51.4 Å². The highest BCUT2D eigenvalue weighted by molar-refractivity contribution is 9.10. The van der Waals surface area contributed by atoms with E-state index in [1.807, 2.05) is 45.3 Å². The van der Waals surface area contributed by atoms with Gasteiger partial charge in [-0.3, -0.25) is 0 Å². The van der Waals surface area contributed by atoms with Crippen LogP contribution >= 0.6 is 27.7 Å². The second kappa shape index (κ2) is 7.76. The van der Waals surface area contributed by atoms with Crippen LogP contribution in [0.3, 0.4) is 0 Å². The van der Waals surface area contributed by atoms with Crippen molar-refractivity contribution in [3.63, 3.8) is 0 Å². The van der Waals surface area contributed by atoms with Gasteiger partial charge in [-0.2, -0.15) is 0 Å². The SMILES string of the molecule is Cc1c(SCCN(C)C)c2ccccc2n1S(=O)(=O)c1ccc(Br)cc1. The van der Waals surface area contributed by atoms with Gasteiger partial charge in [-0.1, -0.05) is 34.1 Å². The lowest BCUT2D eigenvalue weighted by molar-refractivity contribution is 0.437. The van der Waals surface area contributed by atoms with Crippen LogP contribution in [0.4, 0.5) is 0 Å². The molecule has 3 rings (SSSR count). The van der Waals surface area contributed by atoms with Crippen LogP contribution in [0, 0.1) is 6.92 Å². The zero-order chi connectivity index (χ0) is 18.9. The molecule has 0 aliphatic heterocycles. The number of aromatic nitrogens is 1. The third-order valence-electron chi connectivity index (χ3n) is 4.14. The Morgan fingerprint density at radius 1 is 1.08 bits per heavy atom. The maximum Gasteiger partial charge on any atom is 0.268 e. The first-order chi connectivity index (χ1) is 12.3. The molecule has 0 atom stereocenters. The van der Waals surface area contributed by atoms with Crippen LogP contribution in [0.25, 0.3) is 10.9 Å².